The predicted molar refractivity (Wildman–Crippen MR) is 89.7 cm³/mol. The highest BCUT2D eigenvalue weighted by molar-refractivity contribution is 5.87. The number of aromatic hydroxyl groups is 1. The molecule has 0 aliphatic heterocycles. The van der Waals surface area contributed by atoms with Crippen LogP contribution in [0.1, 0.15) is 25.3 Å². The fourth-order valence-corrected chi connectivity index (χ4v) is 2.67. The molecule has 0 heterocycles. The number of hydrogen-bond acceptors (Lipinski definition) is 1. The van der Waals surface area contributed by atoms with Crippen molar-refractivity contribution in [2.75, 3.05) is 0 Å². The first-order valence-electron chi connectivity index (χ1n) is 7.58. The fourth-order valence-electron chi connectivity index (χ4n) is 2.67. The summed E-state index contributed by atoms with van der Waals surface area (Å²) in [6, 6.07) is 20.7. The van der Waals surface area contributed by atoms with Gasteiger partial charge in [0.2, 0.25) is 0 Å². The van der Waals surface area contributed by atoms with Gasteiger partial charge in [-0.2, -0.15) is 0 Å². The van der Waals surface area contributed by atoms with Crippen LogP contribution >= 0.6 is 0 Å². The van der Waals surface area contributed by atoms with E-state index in [1.807, 2.05) is 12.1 Å². The molecule has 0 aromatic heterocycles. The van der Waals surface area contributed by atoms with Crippen LogP contribution in [0.2, 0.25) is 0 Å². The van der Waals surface area contributed by atoms with Crippen molar-refractivity contribution in [3.63, 3.8) is 0 Å². The summed E-state index contributed by atoms with van der Waals surface area (Å²) in [5, 5.41) is 11.9. The normalized spacial score (nSPS) is 10.9. The van der Waals surface area contributed by atoms with Crippen molar-refractivity contribution < 1.29 is 5.11 Å². The third-order valence-electron chi connectivity index (χ3n) is 3.92. The van der Waals surface area contributed by atoms with Gasteiger partial charge in [0.15, 0.2) is 0 Å². The van der Waals surface area contributed by atoms with Crippen LogP contribution < -0.4 is 0 Å². The number of rotatable bonds is 4. The smallest absolute Gasteiger partial charge is 0.115 e. The van der Waals surface area contributed by atoms with E-state index >= 15 is 0 Å². The number of unbranched alkanes of at least 4 members (excludes halogenated alkanes) is 1. The van der Waals surface area contributed by atoms with Gasteiger partial charge in [-0.3, -0.25) is 0 Å². The molecule has 0 bridgehead atoms. The molecule has 1 heteroatoms. The Hall–Kier alpha value is -2.28. The second-order valence-corrected chi connectivity index (χ2v) is 5.55. The molecule has 106 valence electrons. The molecule has 0 spiro atoms. The maximum absolute atomic E-state index is 9.38. The standard InChI is InChI=1S/C20H20O/c1-2-3-4-15-5-6-19-14-18(8-7-17(19)13-15)16-9-11-20(21)12-10-16/h5-14,21H,2-4H2,1H3. The molecule has 0 atom stereocenters. The van der Waals surface area contributed by atoms with Crippen molar-refractivity contribution in [3.8, 4) is 16.9 Å². The summed E-state index contributed by atoms with van der Waals surface area (Å²) in [5.41, 5.74) is 3.73. The van der Waals surface area contributed by atoms with Gasteiger partial charge >= 0.3 is 0 Å². The molecule has 0 fully saturated rings. The molecule has 3 aromatic carbocycles. The lowest BCUT2D eigenvalue weighted by Crippen LogP contribution is -1.85. The summed E-state index contributed by atoms with van der Waals surface area (Å²) >= 11 is 0. The Bertz CT molecular complexity index is 741. The Morgan fingerprint density at radius 2 is 1.43 bits per heavy atom. The van der Waals surface area contributed by atoms with E-state index in [-0.39, 0.29) is 0 Å². The molecule has 0 saturated carbocycles. The zero-order valence-electron chi connectivity index (χ0n) is 12.3. The Balaban J connectivity index is 1.95. The van der Waals surface area contributed by atoms with Crippen LogP contribution in [0, 0.1) is 0 Å². The van der Waals surface area contributed by atoms with E-state index < -0.39 is 0 Å². The minimum absolute atomic E-state index is 0.306. The van der Waals surface area contributed by atoms with Gasteiger partial charge in [0.1, 0.15) is 5.75 Å². The summed E-state index contributed by atoms with van der Waals surface area (Å²) in [7, 11) is 0. The Morgan fingerprint density at radius 3 is 2.19 bits per heavy atom. The number of benzene rings is 3. The zero-order chi connectivity index (χ0) is 14.7. The Kier molecular flexibility index (Phi) is 3.92. The first-order chi connectivity index (χ1) is 10.3. The van der Waals surface area contributed by atoms with Crippen LogP contribution in [0.25, 0.3) is 21.9 Å². The summed E-state index contributed by atoms with van der Waals surface area (Å²) in [4.78, 5) is 0. The van der Waals surface area contributed by atoms with Gasteiger partial charge in [-0.05, 0) is 58.5 Å². The number of hydrogen-bond donors (Lipinski definition) is 1. The van der Waals surface area contributed by atoms with E-state index in [0.29, 0.717) is 5.75 Å². The van der Waals surface area contributed by atoms with Crippen LogP contribution in [0.15, 0.2) is 60.7 Å². The average Bonchev–Trinajstić information content (AvgIpc) is 2.53. The van der Waals surface area contributed by atoms with Crippen molar-refractivity contribution in [1.82, 2.24) is 0 Å². The monoisotopic (exact) mass is 276 g/mol. The van der Waals surface area contributed by atoms with Crippen LogP contribution in [0.3, 0.4) is 0 Å². The molecule has 0 aliphatic carbocycles. The maximum atomic E-state index is 9.38. The molecule has 1 N–H and O–H groups in total. The second kappa shape index (κ2) is 6.01. The van der Waals surface area contributed by atoms with Gasteiger partial charge in [-0.1, -0.05) is 55.8 Å². The summed E-state index contributed by atoms with van der Waals surface area (Å²) in [6.45, 7) is 2.23. The molecular weight excluding hydrogens is 256 g/mol. The Morgan fingerprint density at radius 1 is 0.762 bits per heavy atom. The van der Waals surface area contributed by atoms with Crippen molar-refractivity contribution in [3.05, 3.63) is 66.2 Å². The minimum atomic E-state index is 0.306. The van der Waals surface area contributed by atoms with Gasteiger partial charge in [-0.25, -0.2) is 0 Å². The molecule has 1 nitrogen and oxygen atoms in total. The van der Waals surface area contributed by atoms with E-state index in [1.165, 1.54) is 34.7 Å². The molecule has 0 unspecified atom stereocenters. The molecule has 3 aromatic rings. The van der Waals surface area contributed by atoms with Gasteiger partial charge < -0.3 is 5.11 Å². The molecule has 0 aliphatic rings. The highest BCUT2D eigenvalue weighted by atomic mass is 16.3. The third kappa shape index (κ3) is 3.08. The highest BCUT2D eigenvalue weighted by Crippen LogP contribution is 2.26. The average molecular weight is 276 g/mol. The van der Waals surface area contributed by atoms with Crippen molar-refractivity contribution in [2.24, 2.45) is 0 Å². The number of aryl methyl sites for hydroxylation is 1. The van der Waals surface area contributed by atoms with E-state index in [9.17, 15) is 5.11 Å². The molecular formula is C20H20O. The molecule has 0 radical (unpaired) electrons. The van der Waals surface area contributed by atoms with Crippen molar-refractivity contribution >= 4 is 10.8 Å². The zero-order valence-corrected chi connectivity index (χ0v) is 12.3. The fraction of sp³-hybridized carbons (Fsp3) is 0.200. The van der Waals surface area contributed by atoms with Crippen LogP contribution in [-0.4, -0.2) is 5.11 Å². The lowest BCUT2D eigenvalue weighted by Gasteiger charge is -2.07. The maximum Gasteiger partial charge on any atom is 0.115 e. The van der Waals surface area contributed by atoms with Gasteiger partial charge in [0, 0.05) is 0 Å². The minimum Gasteiger partial charge on any atom is -0.508 e. The Labute approximate surface area is 125 Å². The van der Waals surface area contributed by atoms with Gasteiger partial charge in [-0.15, -0.1) is 0 Å². The van der Waals surface area contributed by atoms with Gasteiger partial charge in [0.05, 0.1) is 0 Å². The number of phenols is 1. The third-order valence-corrected chi connectivity index (χ3v) is 3.92. The SMILES string of the molecule is CCCCc1ccc2cc(-c3ccc(O)cc3)ccc2c1. The van der Waals surface area contributed by atoms with E-state index in [4.69, 9.17) is 0 Å². The predicted octanol–water partition coefficient (Wildman–Crippen LogP) is 5.56. The first kappa shape index (κ1) is 13.7. The molecule has 0 saturated heterocycles. The molecule has 21 heavy (non-hydrogen) atoms. The summed E-state index contributed by atoms with van der Waals surface area (Å²) in [6.07, 6.45) is 3.64. The second-order valence-electron chi connectivity index (χ2n) is 5.55. The van der Waals surface area contributed by atoms with E-state index in [2.05, 4.69) is 43.3 Å². The number of phenolic OH excluding ortho intramolecular Hbond substituents is 1. The largest absolute Gasteiger partial charge is 0.508 e. The summed E-state index contributed by atoms with van der Waals surface area (Å²) < 4.78 is 0. The molecule has 3 rings (SSSR count). The van der Waals surface area contributed by atoms with E-state index in [0.717, 1.165) is 12.0 Å². The van der Waals surface area contributed by atoms with Crippen LogP contribution in [0.5, 0.6) is 5.75 Å². The lowest BCUT2D eigenvalue weighted by molar-refractivity contribution is 0.475. The quantitative estimate of drug-likeness (QED) is 0.662. The molecule has 0 amide bonds. The number of fused-ring (bicyclic) bond motifs is 1. The van der Waals surface area contributed by atoms with Crippen molar-refractivity contribution in [2.45, 2.75) is 26.2 Å². The lowest BCUT2D eigenvalue weighted by atomic mass is 9.98. The van der Waals surface area contributed by atoms with E-state index in [1.54, 1.807) is 12.1 Å². The first-order valence-corrected chi connectivity index (χ1v) is 7.58. The van der Waals surface area contributed by atoms with Gasteiger partial charge in [0.25, 0.3) is 0 Å². The van der Waals surface area contributed by atoms with Crippen molar-refractivity contribution in [1.29, 1.82) is 0 Å². The topological polar surface area (TPSA) is 20.2 Å². The summed E-state index contributed by atoms with van der Waals surface area (Å²) in [5.74, 6) is 0.306. The van der Waals surface area contributed by atoms with Crippen LogP contribution in [-0.2, 0) is 6.42 Å². The van der Waals surface area contributed by atoms with Crippen LogP contribution in [0.4, 0.5) is 0 Å². The highest BCUT2D eigenvalue weighted by Gasteiger charge is 2.01.